The van der Waals surface area contributed by atoms with Crippen molar-refractivity contribution in [3.8, 4) is 11.5 Å². The first kappa shape index (κ1) is 25.1. The first-order valence-electron chi connectivity index (χ1n) is 11.1. The van der Waals surface area contributed by atoms with Gasteiger partial charge in [-0.1, -0.05) is 64.5 Å². The van der Waals surface area contributed by atoms with Crippen LogP contribution in [0.2, 0.25) is 0 Å². The summed E-state index contributed by atoms with van der Waals surface area (Å²) in [4.78, 5) is 0. The van der Waals surface area contributed by atoms with Crippen LogP contribution in [0.25, 0.3) is 0 Å². The number of halogens is 4. The quantitative estimate of drug-likeness (QED) is 0.173. The highest BCUT2D eigenvalue weighted by Gasteiger charge is 2.18. The third kappa shape index (κ3) is 7.48. The molecule has 2 aromatic carbocycles. The third-order valence-corrected chi connectivity index (χ3v) is 5.20. The van der Waals surface area contributed by atoms with Crippen LogP contribution in [0, 0.1) is 23.3 Å². The summed E-state index contributed by atoms with van der Waals surface area (Å²) in [6.45, 7) is 4.16. The molecule has 0 N–H and O–H groups in total. The van der Waals surface area contributed by atoms with Gasteiger partial charge in [0.1, 0.15) is 11.5 Å². The van der Waals surface area contributed by atoms with Crippen molar-refractivity contribution in [1.82, 2.24) is 0 Å². The Hall–Kier alpha value is -2.18. The average Bonchev–Trinajstić information content (AvgIpc) is 2.77. The van der Waals surface area contributed by atoms with Gasteiger partial charge in [-0.25, -0.2) is 8.78 Å². The van der Waals surface area contributed by atoms with Gasteiger partial charge < -0.3 is 9.31 Å². The lowest BCUT2D eigenvalue weighted by molar-refractivity contribution is 0.396. The molecule has 7 heteroatoms. The van der Waals surface area contributed by atoms with E-state index in [0.717, 1.165) is 51.4 Å². The van der Waals surface area contributed by atoms with Gasteiger partial charge in [0.15, 0.2) is 23.3 Å². The fourth-order valence-electron chi connectivity index (χ4n) is 3.32. The van der Waals surface area contributed by atoms with E-state index >= 15 is 0 Å². The Morgan fingerprint density at radius 1 is 0.581 bits per heavy atom. The van der Waals surface area contributed by atoms with Crippen molar-refractivity contribution in [2.75, 3.05) is 0 Å². The summed E-state index contributed by atoms with van der Waals surface area (Å²) in [6, 6.07) is 5.51. The molecule has 0 aliphatic carbocycles. The molecular weight excluding hydrogens is 407 g/mol. The second-order valence-corrected chi connectivity index (χ2v) is 7.65. The van der Waals surface area contributed by atoms with Crippen molar-refractivity contribution in [1.29, 1.82) is 0 Å². The number of unbranched alkanes of at least 4 members (excludes halogenated alkanes) is 6. The monoisotopic (exact) mass is 437 g/mol. The molecule has 0 saturated heterocycles. The zero-order valence-corrected chi connectivity index (χ0v) is 18.3. The lowest BCUT2D eigenvalue weighted by Crippen LogP contribution is -2.14. The number of benzene rings is 2. The first-order valence-corrected chi connectivity index (χ1v) is 11.1. The van der Waals surface area contributed by atoms with E-state index in [0.29, 0.717) is 20.5 Å². The minimum Gasteiger partial charge on any atom is -0.524 e. The van der Waals surface area contributed by atoms with Crippen LogP contribution < -0.4 is 9.31 Å². The summed E-state index contributed by atoms with van der Waals surface area (Å²) >= 11 is 0. The molecule has 0 atom stereocenters. The number of hydrogen-bond acceptors (Lipinski definition) is 2. The second kappa shape index (κ2) is 13.3. The van der Waals surface area contributed by atoms with Gasteiger partial charge in [-0.05, 0) is 48.9 Å². The number of aryl methyl sites for hydroxylation is 2. The van der Waals surface area contributed by atoms with Gasteiger partial charge in [0.2, 0.25) is 0 Å². The van der Waals surface area contributed by atoms with Crippen molar-refractivity contribution in [2.45, 2.75) is 78.1 Å². The Balaban J connectivity index is 1.91. The highest BCUT2D eigenvalue weighted by Crippen LogP contribution is 2.26. The molecule has 0 bridgehead atoms. The summed E-state index contributed by atoms with van der Waals surface area (Å²) in [5.74, 6) is -4.98. The first-order chi connectivity index (χ1) is 15.0. The molecule has 169 valence electrons. The van der Waals surface area contributed by atoms with Crippen molar-refractivity contribution in [3.63, 3.8) is 0 Å². The highest BCUT2D eigenvalue weighted by atomic mass is 19.2. The summed E-state index contributed by atoms with van der Waals surface area (Å²) in [5.41, 5.74) is 0.564. The Morgan fingerprint density at radius 3 is 1.39 bits per heavy atom. The van der Waals surface area contributed by atoms with E-state index in [-0.39, 0.29) is 22.6 Å². The van der Waals surface area contributed by atoms with Crippen LogP contribution in [0.1, 0.15) is 76.3 Å². The fourth-order valence-corrected chi connectivity index (χ4v) is 3.32. The van der Waals surface area contributed by atoms with Crippen LogP contribution in [0.3, 0.4) is 0 Å². The maximum absolute atomic E-state index is 14.2. The zero-order valence-electron chi connectivity index (χ0n) is 18.3. The lowest BCUT2D eigenvalue weighted by atomic mass is 10.0. The van der Waals surface area contributed by atoms with Gasteiger partial charge in [0, 0.05) is 0 Å². The van der Waals surface area contributed by atoms with E-state index in [2.05, 4.69) is 13.8 Å². The molecule has 0 amide bonds. The van der Waals surface area contributed by atoms with Crippen LogP contribution in [0.4, 0.5) is 17.6 Å². The molecule has 1 radical (unpaired) electrons. The molecule has 2 rings (SSSR count). The zero-order chi connectivity index (χ0) is 22.6. The van der Waals surface area contributed by atoms with Crippen LogP contribution in [0.5, 0.6) is 11.5 Å². The summed E-state index contributed by atoms with van der Waals surface area (Å²) in [7, 11) is 0.664. The van der Waals surface area contributed by atoms with E-state index < -0.39 is 23.3 Å². The maximum atomic E-state index is 14.2. The van der Waals surface area contributed by atoms with Gasteiger partial charge in [-0.15, -0.1) is 0 Å². The normalized spacial score (nSPS) is 10.9. The second-order valence-electron chi connectivity index (χ2n) is 7.65. The predicted molar refractivity (Wildman–Crippen MR) is 115 cm³/mol. The average molecular weight is 437 g/mol. The molecule has 0 saturated carbocycles. The fraction of sp³-hybridized carbons (Fsp3) is 0.500. The summed E-state index contributed by atoms with van der Waals surface area (Å²) < 4.78 is 66.8. The molecule has 0 aliphatic heterocycles. The Labute approximate surface area is 183 Å². The molecular formula is C24H30BF4O2. The van der Waals surface area contributed by atoms with Crippen LogP contribution in [-0.2, 0) is 12.8 Å². The Morgan fingerprint density at radius 2 is 1.00 bits per heavy atom. The van der Waals surface area contributed by atoms with Crippen LogP contribution in [0.15, 0.2) is 24.3 Å². The predicted octanol–water partition coefficient (Wildman–Crippen LogP) is 7.48. The Kier molecular flexibility index (Phi) is 10.7. The van der Waals surface area contributed by atoms with Crippen molar-refractivity contribution < 1.29 is 26.9 Å². The highest BCUT2D eigenvalue weighted by molar-refractivity contribution is 6.20. The smallest absolute Gasteiger partial charge is 0.524 e. The van der Waals surface area contributed by atoms with Gasteiger partial charge in [0.25, 0.3) is 0 Å². The Bertz CT molecular complexity index is 762. The number of hydrogen-bond donors (Lipinski definition) is 0. The summed E-state index contributed by atoms with van der Waals surface area (Å²) in [6.07, 6.45) is 8.57. The minimum absolute atomic E-state index is 0.282. The molecule has 2 aromatic rings. The van der Waals surface area contributed by atoms with Crippen molar-refractivity contribution in [3.05, 3.63) is 58.7 Å². The number of rotatable bonds is 14. The van der Waals surface area contributed by atoms with E-state index in [9.17, 15) is 17.6 Å². The molecule has 31 heavy (non-hydrogen) atoms. The summed E-state index contributed by atoms with van der Waals surface area (Å²) in [5, 5.41) is 0. The van der Waals surface area contributed by atoms with Gasteiger partial charge >= 0.3 is 7.69 Å². The molecule has 0 heterocycles. The largest absolute Gasteiger partial charge is 0.658 e. The standard InChI is InChI=1S/C24H30BF4O2/c1-3-5-7-9-11-17-13-15-19(23(28)21(17)26)30-25-31-20-16-14-18(22(27)24(20)29)12-10-8-6-4-2/h13-16H,3-12H2,1-2H3. The topological polar surface area (TPSA) is 18.5 Å². The van der Waals surface area contributed by atoms with E-state index in [1.807, 2.05) is 0 Å². The molecule has 0 unspecified atom stereocenters. The van der Waals surface area contributed by atoms with Crippen LogP contribution >= 0.6 is 0 Å². The van der Waals surface area contributed by atoms with Gasteiger partial charge in [0.05, 0.1) is 0 Å². The molecule has 2 nitrogen and oxygen atoms in total. The molecule has 0 aliphatic rings. The molecule has 0 fully saturated rings. The van der Waals surface area contributed by atoms with E-state index in [1.54, 1.807) is 0 Å². The van der Waals surface area contributed by atoms with Gasteiger partial charge in [-0.3, -0.25) is 0 Å². The van der Waals surface area contributed by atoms with Crippen molar-refractivity contribution >= 4 is 7.69 Å². The van der Waals surface area contributed by atoms with E-state index in [1.165, 1.54) is 24.3 Å². The molecule has 0 spiro atoms. The SMILES string of the molecule is CCCCCCc1ccc(O[B]Oc2ccc(CCCCCC)c(F)c2F)c(F)c1F. The van der Waals surface area contributed by atoms with Crippen LogP contribution in [-0.4, -0.2) is 7.69 Å². The van der Waals surface area contributed by atoms with E-state index in [4.69, 9.17) is 9.31 Å². The van der Waals surface area contributed by atoms with Gasteiger partial charge in [-0.2, -0.15) is 8.78 Å². The van der Waals surface area contributed by atoms with Crippen molar-refractivity contribution in [2.24, 2.45) is 0 Å². The third-order valence-electron chi connectivity index (χ3n) is 5.20. The maximum Gasteiger partial charge on any atom is 0.658 e. The minimum atomic E-state index is -1.14. The lowest BCUT2D eigenvalue weighted by Gasteiger charge is -2.12. The molecule has 0 aromatic heterocycles.